The van der Waals surface area contributed by atoms with Gasteiger partial charge in [-0.2, -0.15) is 0 Å². The summed E-state index contributed by atoms with van der Waals surface area (Å²) in [4.78, 5) is 4.73. The van der Waals surface area contributed by atoms with Gasteiger partial charge in [-0.25, -0.2) is 4.98 Å². The number of halogens is 1. The second-order valence-electron chi connectivity index (χ2n) is 5.61. The Balaban J connectivity index is 1.93. The average molecular weight is 295 g/mol. The van der Waals surface area contributed by atoms with E-state index in [9.17, 15) is 0 Å². The Morgan fingerprint density at radius 3 is 2.79 bits per heavy atom. The molecule has 2 N–H and O–H groups in total. The first-order valence-electron chi connectivity index (χ1n) is 6.97. The van der Waals surface area contributed by atoms with Gasteiger partial charge >= 0.3 is 0 Å². The van der Waals surface area contributed by atoms with Crippen molar-refractivity contribution in [3.8, 4) is 0 Å². The van der Waals surface area contributed by atoms with Crippen molar-refractivity contribution in [1.82, 2.24) is 4.98 Å². The summed E-state index contributed by atoms with van der Waals surface area (Å²) >= 11 is 7.90. The van der Waals surface area contributed by atoms with E-state index in [1.165, 1.54) is 19.3 Å². The van der Waals surface area contributed by atoms with Crippen LogP contribution in [0.2, 0.25) is 5.02 Å². The smallest absolute Gasteiger partial charge is 0.114 e. The van der Waals surface area contributed by atoms with Gasteiger partial charge in [-0.15, -0.1) is 11.3 Å². The van der Waals surface area contributed by atoms with Crippen molar-refractivity contribution in [2.24, 2.45) is 11.7 Å². The summed E-state index contributed by atoms with van der Waals surface area (Å²) in [7, 11) is 0. The van der Waals surface area contributed by atoms with Gasteiger partial charge in [-0.3, -0.25) is 0 Å². The Morgan fingerprint density at radius 2 is 2.16 bits per heavy atom. The number of rotatable bonds is 2. The van der Waals surface area contributed by atoms with Crippen LogP contribution in [0.1, 0.15) is 44.0 Å². The fraction of sp³-hybridized carbons (Fsp3) is 0.533. The Morgan fingerprint density at radius 1 is 1.42 bits per heavy atom. The molecule has 0 saturated heterocycles. The van der Waals surface area contributed by atoms with Crippen LogP contribution in [0.5, 0.6) is 0 Å². The van der Waals surface area contributed by atoms with E-state index in [4.69, 9.17) is 22.3 Å². The molecule has 2 aromatic rings. The summed E-state index contributed by atoms with van der Waals surface area (Å²) in [6.45, 7) is 2.27. The van der Waals surface area contributed by atoms with Crippen LogP contribution in [-0.4, -0.2) is 4.98 Å². The lowest BCUT2D eigenvalue weighted by molar-refractivity contribution is 0.231. The number of fused-ring (bicyclic) bond motifs is 1. The van der Waals surface area contributed by atoms with Gasteiger partial charge in [0.25, 0.3) is 0 Å². The molecule has 1 fully saturated rings. The topological polar surface area (TPSA) is 38.9 Å². The van der Waals surface area contributed by atoms with Crippen molar-refractivity contribution in [3.05, 3.63) is 28.2 Å². The monoisotopic (exact) mass is 294 g/mol. The average Bonchev–Trinajstić information content (AvgIpc) is 2.86. The Labute approximate surface area is 123 Å². The fourth-order valence-electron chi connectivity index (χ4n) is 2.94. The Kier molecular flexibility index (Phi) is 3.54. The third kappa shape index (κ3) is 2.39. The van der Waals surface area contributed by atoms with Crippen molar-refractivity contribution in [3.63, 3.8) is 0 Å². The SMILES string of the molecule is CCC1CCC(N)(c2nc3cccc(Cl)c3s2)CC1. The zero-order valence-corrected chi connectivity index (χ0v) is 12.7. The van der Waals surface area contributed by atoms with Crippen LogP contribution < -0.4 is 5.73 Å². The van der Waals surface area contributed by atoms with Crippen LogP contribution in [-0.2, 0) is 5.54 Å². The highest BCUT2D eigenvalue weighted by molar-refractivity contribution is 7.19. The van der Waals surface area contributed by atoms with Crippen LogP contribution in [0.15, 0.2) is 18.2 Å². The van der Waals surface area contributed by atoms with Crippen molar-refractivity contribution in [2.45, 2.75) is 44.6 Å². The normalized spacial score (nSPS) is 27.8. The molecule has 1 aromatic heterocycles. The second kappa shape index (κ2) is 5.04. The molecule has 0 amide bonds. The maximum absolute atomic E-state index is 6.62. The summed E-state index contributed by atoms with van der Waals surface area (Å²) in [5.41, 5.74) is 7.36. The van der Waals surface area contributed by atoms with Gasteiger partial charge in [-0.1, -0.05) is 31.0 Å². The Hall–Kier alpha value is -0.640. The first-order valence-corrected chi connectivity index (χ1v) is 8.16. The van der Waals surface area contributed by atoms with Crippen LogP contribution in [0.4, 0.5) is 0 Å². The number of aromatic nitrogens is 1. The lowest BCUT2D eigenvalue weighted by Crippen LogP contribution is -2.40. The summed E-state index contributed by atoms with van der Waals surface area (Å²) < 4.78 is 1.07. The van der Waals surface area contributed by atoms with Gasteiger partial charge < -0.3 is 5.73 Å². The molecule has 1 aliphatic rings. The summed E-state index contributed by atoms with van der Waals surface area (Å²) in [5, 5.41) is 1.84. The molecule has 0 bridgehead atoms. The quantitative estimate of drug-likeness (QED) is 0.871. The second-order valence-corrected chi connectivity index (χ2v) is 7.02. The van der Waals surface area contributed by atoms with Gasteiger partial charge in [-0.05, 0) is 43.7 Å². The zero-order valence-electron chi connectivity index (χ0n) is 11.2. The molecule has 1 aromatic carbocycles. The van der Waals surface area contributed by atoms with Crippen molar-refractivity contribution < 1.29 is 0 Å². The molecule has 4 heteroatoms. The minimum absolute atomic E-state index is 0.237. The van der Waals surface area contributed by atoms with E-state index >= 15 is 0 Å². The highest BCUT2D eigenvalue weighted by Gasteiger charge is 2.35. The van der Waals surface area contributed by atoms with Gasteiger partial charge in [0.05, 0.1) is 20.8 Å². The van der Waals surface area contributed by atoms with E-state index in [1.54, 1.807) is 11.3 Å². The summed E-state index contributed by atoms with van der Waals surface area (Å²) in [6.07, 6.45) is 5.79. The molecular weight excluding hydrogens is 276 g/mol. The largest absolute Gasteiger partial charge is 0.319 e. The van der Waals surface area contributed by atoms with E-state index in [-0.39, 0.29) is 5.54 Å². The van der Waals surface area contributed by atoms with E-state index in [1.807, 2.05) is 18.2 Å². The number of hydrogen-bond acceptors (Lipinski definition) is 3. The fourth-order valence-corrected chi connectivity index (χ4v) is 4.36. The minimum atomic E-state index is -0.237. The van der Waals surface area contributed by atoms with Crippen LogP contribution in [0.3, 0.4) is 0 Å². The Bertz CT molecular complexity index is 585. The minimum Gasteiger partial charge on any atom is -0.319 e. The maximum Gasteiger partial charge on any atom is 0.114 e. The number of benzene rings is 1. The summed E-state index contributed by atoms with van der Waals surface area (Å²) in [6, 6.07) is 5.89. The predicted octanol–water partition coefficient (Wildman–Crippen LogP) is 4.70. The van der Waals surface area contributed by atoms with Crippen LogP contribution in [0.25, 0.3) is 10.2 Å². The van der Waals surface area contributed by atoms with Crippen molar-refractivity contribution >= 4 is 33.2 Å². The molecule has 0 spiro atoms. The molecule has 2 nitrogen and oxygen atoms in total. The third-order valence-corrected chi connectivity index (χ3v) is 6.12. The van der Waals surface area contributed by atoms with Crippen molar-refractivity contribution in [1.29, 1.82) is 0 Å². The van der Waals surface area contributed by atoms with Gasteiger partial charge in [0.1, 0.15) is 5.01 Å². The van der Waals surface area contributed by atoms with E-state index in [2.05, 4.69) is 6.92 Å². The number of hydrogen-bond donors (Lipinski definition) is 1. The predicted molar refractivity (Wildman–Crippen MR) is 82.7 cm³/mol. The van der Waals surface area contributed by atoms with Gasteiger partial charge in [0.15, 0.2) is 0 Å². The molecule has 0 unspecified atom stereocenters. The van der Waals surface area contributed by atoms with E-state index < -0.39 is 0 Å². The highest BCUT2D eigenvalue weighted by atomic mass is 35.5. The first-order chi connectivity index (χ1) is 9.12. The van der Waals surface area contributed by atoms with Crippen LogP contribution >= 0.6 is 22.9 Å². The van der Waals surface area contributed by atoms with Gasteiger partial charge in [0.2, 0.25) is 0 Å². The molecule has 19 heavy (non-hydrogen) atoms. The molecule has 0 atom stereocenters. The molecular formula is C15H19ClN2S. The number of nitrogens with two attached hydrogens (primary N) is 1. The standard InChI is InChI=1S/C15H19ClN2S/c1-2-10-6-8-15(17,9-7-10)14-18-12-5-3-4-11(16)13(12)19-14/h3-5,10H,2,6-9,17H2,1H3. The molecule has 0 aliphatic heterocycles. The van der Waals surface area contributed by atoms with Crippen molar-refractivity contribution in [2.75, 3.05) is 0 Å². The molecule has 1 heterocycles. The van der Waals surface area contributed by atoms with Crippen LogP contribution in [0, 0.1) is 5.92 Å². The molecule has 0 radical (unpaired) electrons. The third-order valence-electron chi connectivity index (χ3n) is 4.37. The number of thiazole rings is 1. The number of nitrogens with zero attached hydrogens (tertiary/aromatic N) is 1. The highest BCUT2D eigenvalue weighted by Crippen LogP contribution is 2.42. The lowest BCUT2D eigenvalue weighted by Gasteiger charge is -2.35. The van der Waals surface area contributed by atoms with E-state index in [0.29, 0.717) is 0 Å². The van der Waals surface area contributed by atoms with E-state index in [0.717, 1.165) is 39.0 Å². The zero-order chi connectivity index (χ0) is 13.5. The molecule has 1 aliphatic carbocycles. The molecule has 1 saturated carbocycles. The molecule has 3 rings (SSSR count). The van der Waals surface area contributed by atoms with Gasteiger partial charge in [0, 0.05) is 0 Å². The summed E-state index contributed by atoms with van der Waals surface area (Å²) in [5.74, 6) is 0.842. The molecule has 102 valence electrons. The first kappa shape index (κ1) is 13.3. The maximum atomic E-state index is 6.62. The lowest BCUT2D eigenvalue weighted by atomic mass is 9.76.